The molecule has 0 radical (unpaired) electrons. The summed E-state index contributed by atoms with van der Waals surface area (Å²) in [5, 5.41) is 2.52. The molecule has 1 aromatic heterocycles. The molecule has 0 aromatic carbocycles. The number of alkyl carbamates (subject to hydrolysis) is 1. The van der Waals surface area contributed by atoms with Gasteiger partial charge in [0.2, 0.25) is 5.78 Å². The molecular weight excluding hydrogens is 328 g/mol. The fourth-order valence-electron chi connectivity index (χ4n) is 2.12. The number of ketones is 1. The van der Waals surface area contributed by atoms with Crippen molar-refractivity contribution in [3.63, 3.8) is 0 Å². The van der Waals surface area contributed by atoms with Gasteiger partial charge < -0.3 is 19.2 Å². The van der Waals surface area contributed by atoms with Crippen molar-refractivity contribution in [2.75, 3.05) is 7.11 Å². The van der Waals surface area contributed by atoms with E-state index in [1.807, 2.05) is 0 Å². The highest BCUT2D eigenvalue weighted by molar-refractivity contribution is 5.91. The Morgan fingerprint density at radius 3 is 2.52 bits per heavy atom. The molecule has 8 heteroatoms. The number of amides is 1. The molecule has 1 atom stereocenters. The van der Waals surface area contributed by atoms with Gasteiger partial charge >= 0.3 is 12.1 Å². The summed E-state index contributed by atoms with van der Waals surface area (Å²) in [7, 11) is 1.27. The molecule has 1 rings (SSSR count). The van der Waals surface area contributed by atoms with Gasteiger partial charge in [-0.15, -0.1) is 0 Å². The quantitative estimate of drug-likeness (QED) is 0.412. The maximum Gasteiger partial charge on any atom is 0.408 e. The number of hydrogen-bond donors (Lipinski definition) is 1. The standard InChI is InChI=1S/C17H26N2O6/c1-17(2,3)25-16(22)19-12(15(21)23-4)8-6-5-7-9-13(20)14-18-10-11-24-14/h10-12H,5-9H2,1-4H3,(H,19,22). The number of nitrogens with zero attached hydrogens (tertiary/aromatic N) is 1. The van der Waals surface area contributed by atoms with Crippen molar-refractivity contribution in [3.8, 4) is 0 Å². The molecule has 140 valence electrons. The minimum atomic E-state index is -0.776. The first-order chi connectivity index (χ1) is 11.7. The highest BCUT2D eigenvalue weighted by atomic mass is 16.6. The van der Waals surface area contributed by atoms with Gasteiger partial charge in [-0.25, -0.2) is 14.6 Å². The van der Waals surface area contributed by atoms with Crippen LogP contribution in [0.4, 0.5) is 4.79 Å². The zero-order valence-corrected chi connectivity index (χ0v) is 15.2. The van der Waals surface area contributed by atoms with Crippen LogP contribution in [0.1, 0.15) is 63.6 Å². The summed E-state index contributed by atoms with van der Waals surface area (Å²) in [5.74, 6) is -0.567. The lowest BCUT2D eigenvalue weighted by molar-refractivity contribution is -0.143. The number of unbranched alkanes of at least 4 members (excludes halogenated alkanes) is 2. The Morgan fingerprint density at radius 2 is 1.96 bits per heavy atom. The van der Waals surface area contributed by atoms with Crippen LogP contribution in [0.2, 0.25) is 0 Å². The van der Waals surface area contributed by atoms with Crippen molar-refractivity contribution in [1.29, 1.82) is 0 Å². The van der Waals surface area contributed by atoms with Crippen LogP contribution in [0.25, 0.3) is 0 Å². The van der Waals surface area contributed by atoms with Crippen LogP contribution in [0.5, 0.6) is 0 Å². The van der Waals surface area contributed by atoms with Crippen LogP contribution < -0.4 is 5.32 Å². The molecule has 0 bridgehead atoms. The fourth-order valence-corrected chi connectivity index (χ4v) is 2.12. The summed E-state index contributed by atoms with van der Waals surface area (Å²) in [5.41, 5.74) is -0.648. The van der Waals surface area contributed by atoms with E-state index < -0.39 is 23.7 Å². The lowest BCUT2D eigenvalue weighted by atomic mass is 10.1. The third-order valence-electron chi connectivity index (χ3n) is 3.24. The van der Waals surface area contributed by atoms with Gasteiger partial charge in [0.25, 0.3) is 5.89 Å². The van der Waals surface area contributed by atoms with Crippen molar-refractivity contribution in [1.82, 2.24) is 10.3 Å². The Kier molecular flexibility index (Phi) is 8.10. The maximum atomic E-state index is 11.8. The van der Waals surface area contributed by atoms with Crippen molar-refractivity contribution < 1.29 is 28.3 Å². The zero-order chi connectivity index (χ0) is 18.9. The van der Waals surface area contributed by atoms with Gasteiger partial charge in [0.05, 0.1) is 13.3 Å². The Morgan fingerprint density at radius 1 is 1.24 bits per heavy atom. The first kappa shape index (κ1) is 20.7. The summed E-state index contributed by atoms with van der Waals surface area (Å²) < 4.78 is 14.8. The molecule has 0 fully saturated rings. The smallest absolute Gasteiger partial charge is 0.408 e. The molecule has 0 aliphatic rings. The number of Topliss-reactive ketones (excluding diaryl/α,β-unsaturated/α-hetero) is 1. The molecular formula is C17H26N2O6. The van der Waals surface area contributed by atoms with Gasteiger partial charge in [0.1, 0.15) is 17.9 Å². The van der Waals surface area contributed by atoms with E-state index in [-0.39, 0.29) is 11.7 Å². The average molecular weight is 354 g/mol. The SMILES string of the molecule is COC(=O)C(CCCCCC(=O)c1ncco1)NC(=O)OC(C)(C)C. The van der Waals surface area contributed by atoms with Crippen LogP contribution in [-0.2, 0) is 14.3 Å². The van der Waals surface area contributed by atoms with Crippen LogP contribution in [0.15, 0.2) is 16.9 Å². The number of aromatic nitrogens is 1. The monoisotopic (exact) mass is 354 g/mol. The van der Waals surface area contributed by atoms with E-state index in [2.05, 4.69) is 10.3 Å². The summed E-state index contributed by atoms with van der Waals surface area (Å²) in [6, 6.07) is -0.776. The first-order valence-electron chi connectivity index (χ1n) is 8.23. The fraction of sp³-hybridized carbons (Fsp3) is 0.647. The number of oxazole rings is 1. The highest BCUT2D eigenvalue weighted by Gasteiger charge is 2.24. The topological polar surface area (TPSA) is 108 Å². The Balaban J connectivity index is 2.34. The molecule has 1 aromatic rings. The van der Waals surface area contributed by atoms with Gasteiger partial charge in [0.15, 0.2) is 0 Å². The van der Waals surface area contributed by atoms with Crippen LogP contribution >= 0.6 is 0 Å². The summed E-state index contributed by atoms with van der Waals surface area (Å²) >= 11 is 0. The third-order valence-corrected chi connectivity index (χ3v) is 3.24. The number of esters is 1. The van der Waals surface area contributed by atoms with Crippen molar-refractivity contribution >= 4 is 17.8 Å². The number of carbonyl (C=O) groups excluding carboxylic acids is 3. The second-order valence-electron chi connectivity index (χ2n) is 6.58. The lowest BCUT2D eigenvalue weighted by Gasteiger charge is -2.22. The van der Waals surface area contributed by atoms with Crippen molar-refractivity contribution in [2.45, 2.75) is 64.5 Å². The molecule has 1 heterocycles. The number of carbonyl (C=O) groups is 3. The average Bonchev–Trinajstić information content (AvgIpc) is 3.05. The van der Waals surface area contributed by atoms with E-state index in [0.29, 0.717) is 25.7 Å². The van der Waals surface area contributed by atoms with Gasteiger partial charge in [-0.2, -0.15) is 0 Å². The van der Waals surface area contributed by atoms with Gasteiger partial charge in [-0.1, -0.05) is 12.8 Å². The van der Waals surface area contributed by atoms with E-state index >= 15 is 0 Å². The van der Waals surface area contributed by atoms with Gasteiger partial charge in [-0.05, 0) is 33.6 Å². The lowest BCUT2D eigenvalue weighted by Crippen LogP contribution is -2.44. The molecule has 0 aliphatic heterocycles. The normalized spacial score (nSPS) is 12.3. The van der Waals surface area contributed by atoms with Crippen molar-refractivity contribution in [2.24, 2.45) is 0 Å². The second-order valence-corrected chi connectivity index (χ2v) is 6.58. The number of hydrogen-bond acceptors (Lipinski definition) is 7. The van der Waals surface area contributed by atoms with Crippen LogP contribution in [0.3, 0.4) is 0 Å². The van der Waals surface area contributed by atoms with Gasteiger partial charge in [0, 0.05) is 6.42 Å². The summed E-state index contributed by atoms with van der Waals surface area (Å²) in [6.07, 6.45) is 4.85. The third kappa shape index (κ3) is 8.32. The van der Waals surface area contributed by atoms with Crippen LogP contribution in [-0.4, -0.2) is 41.6 Å². The molecule has 1 unspecified atom stereocenters. The summed E-state index contributed by atoms with van der Waals surface area (Å²) in [6.45, 7) is 5.22. The van der Waals surface area contributed by atoms with Gasteiger partial charge in [-0.3, -0.25) is 4.79 Å². The molecule has 0 saturated carbocycles. The van der Waals surface area contributed by atoms with E-state index in [9.17, 15) is 14.4 Å². The predicted octanol–water partition coefficient (Wildman–Crippen LogP) is 2.87. The number of rotatable bonds is 9. The number of ether oxygens (including phenoxy) is 2. The zero-order valence-electron chi connectivity index (χ0n) is 15.2. The van der Waals surface area contributed by atoms with Crippen LogP contribution in [0, 0.1) is 0 Å². The largest absolute Gasteiger partial charge is 0.467 e. The second kappa shape index (κ2) is 9.80. The first-order valence-corrected chi connectivity index (χ1v) is 8.23. The summed E-state index contributed by atoms with van der Waals surface area (Å²) in [4.78, 5) is 39.1. The Labute approximate surface area is 147 Å². The van der Waals surface area contributed by atoms with E-state index in [0.717, 1.165) is 6.42 Å². The van der Waals surface area contributed by atoms with E-state index in [1.54, 1.807) is 20.8 Å². The minimum absolute atomic E-state index is 0.110. The predicted molar refractivity (Wildman–Crippen MR) is 89.1 cm³/mol. The van der Waals surface area contributed by atoms with E-state index in [4.69, 9.17) is 13.9 Å². The van der Waals surface area contributed by atoms with Crippen molar-refractivity contribution in [3.05, 3.63) is 18.4 Å². The number of nitrogens with one attached hydrogen (secondary N) is 1. The molecule has 0 saturated heterocycles. The molecule has 0 spiro atoms. The number of methoxy groups -OCH3 is 1. The molecule has 8 nitrogen and oxygen atoms in total. The Hall–Kier alpha value is -2.38. The molecule has 25 heavy (non-hydrogen) atoms. The molecule has 1 amide bonds. The molecule has 0 aliphatic carbocycles. The molecule has 1 N–H and O–H groups in total. The Bertz CT molecular complexity index is 562. The highest BCUT2D eigenvalue weighted by Crippen LogP contribution is 2.11. The minimum Gasteiger partial charge on any atom is -0.467 e. The maximum absolute atomic E-state index is 11.8. The van der Waals surface area contributed by atoms with E-state index in [1.165, 1.54) is 19.6 Å².